The van der Waals surface area contributed by atoms with Crippen molar-refractivity contribution < 1.29 is 22.7 Å². The van der Waals surface area contributed by atoms with Gasteiger partial charge in [0.05, 0.1) is 17.7 Å². The average molecular weight is 655 g/mol. The third kappa shape index (κ3) is 8.10. The molecule has 2 amide bonds. The second kappa shape index (κ2) is 15.0. The first-order chi connectivity index (χ1) is 19.9. The fourth-order valence-electron chi connectivity index (χ4n) is 4.23. The van der Waals surface area contributed by atoms with E-state index in [9.17, 15) is 18.0 Å². The fraction of sp³-hybridized carbons (Fsp3) is 0.333. The zero-order valence-electron chi connectivity index (χ0n) is 23.8. The fourth-order valence-corrected chi connectivity index (χ4v) is 6.28. The molecule has 0 saturated heterocycles. The molecule has 0 radical (unpaired) electrons. The Morgan fingerprint density at radius 3 is 2.02 bits per heavy atom. The van der Waals surface area contributed by atoms with Gasteiger partial charge in [0, 0.05) is 33.2 Å². The number of nitrogens with zero attached hydrogens (tertiary/aromatic N) is 2. The van der Waals surface area contributed by atoms with E-state index in [2.05, 4.69) is 5.32 Å². The van der Waals surface area contributed by atoms with Crippen LogP contribution in [-0.4, -0.2) is 50.9 Å². The van der Waals surface area contributed by atoms with Crippen LogP contribution in [0.5, 0.6) is 5.75 Å². The van der Waals surface area contributed by atoms with E-state index in [-0.39, 0.29) is 35.5 Å². The zero-order chi connectivity index (χ0) is 31.0. The van der Waals surface area contributed by atoms with Crippen LogP contribution in [0, 0.1) is 0 Å². The van der Waals surface area contributed by atoms with Crippen molar-refractivity contribution in [3.63, 3.8) is 0 Å². The van der Waals surface area contributed by atoms with Gasteiger partial charge in [-0.25, -0.2) is 8.42 Å². The molecule has 8 nitrogen and oxygen atoms in total. The van der Waals surface area contributed by atoms with Gasteiger partial charge < -0.3 is 15.0 Å². The molecule has 0 spiro atoms. The van der Waals surface area contributed by atoms with Crippen LogP contribution < -0.4 is 14.4 Å². The quantitative estimate of drug-likeness (QED) is 0.225. The summed E-state index contributed by atoms with van der Waals surface area (Å²) >= 11 is 19.0. The standard InChI is InChI=1S/C30H34Cl3N3O5S/c1-5-20(3)34-30(38)28(6-2)35(18-25-26(32)8-7-9-27(25)33)29(37)19-36(22-12-10-21(31)11-13-22)42(39,40)24-16-14-23(41-4)15-17-24/h7-17,20,28H,5-6,18-19H2,1-4H3,(H,34,38). The molecule has 3 aromatic rings. The first-order valence-corrected chi connectivity index (χ1v) is 15.9. The molecule has 0 saturated carbocycles. The number of hydrogen-bond donors (Lipinski definition) is 1. The third-order valence-electron chi connectivity index (χ3n) is 6.82. The Hall–Kier alpha value is -2.98. The van der Waals surface area contributed by atoms with Gasteiger partial charge in [-0.3, -0.25) is 13.9 Å². The van der Waals surface area contributed by atoms with Crippen molar-refractivity contribution in [2.24, 2.45) is 0 Å². The van der Waals surface area contributed by atoms with E-state index >= 15 is 0 Å². The van der Waals surface area contributed by atoms with Crippen LogP contribution in [0.15, 0.2) is 71.6 Å². The van der Waals surface area contributed by atoms with Crippen LogP contribution in [0.1, 0.15) is 39.2 Å². The maximum absolute atomic E-state index is 14.2. The topological polar surface area (TPSA) is 96.0 Å². The number of carbonyl (C=O) groups excluding carboxylic acids is 2. The highest BCUT2D eigenvalue weighted by Gasteiger charge is 2.34. The van der Waals surface area contributed by atoms with Gasteiger partial charge in [0.25, 0.3) is 10.0 Å². The Morgan fingerprint density at radius 2 is 1.50 bits per heavy atom. The van der Waals surface area contributed by atoms with E-state index in [1.54, 1.807) is 25.1 Å². The summed E-state index contributed by atoms with van der Waals surface area (Å²) < 4.78 is 34.1. The van der Waals surface area contributed by atoms with Gasteiger partial charge in [0.2, 0.25) is 11.8 Å². The zero-order valence-corrected chi connectivity index (χ0v) is 26.9. The van der Waals surface area contributed by atoms with Gasteiger partial charge in [0.15, 0.2) is 0 Å². The minimum absolute atomic E-state index is 0.0479. The van der Waals surface area contributed by atoms with Crippen molar-refractivity contribution in [1.29, 1.82) is 0 Å². The predicted octanol–water partition coefficient (Wildman–Crippen LogP) is 6.57. The molecule has 1 N–H and O–H groups in total. The molecule has 0 bridgehead atoms. The number of benzene rings is 3. The summed E-state index contributed by atoms with van der Waals surface area (Å²) in [6, 6.07) is 15.8. The summed E-state index contributed by atoms with van der Waals surface area (Å²) in [5, 5.41) is 3.96. The second-order valence-electron chi connectivity index (χ2n) is 9.63. The molecular formula is C30H34Cl3N3O5S. The number of amides is 2. The van der Waals surface area contributed by atoms with Gasteiger partial charge >= 0.3 is 0 Å². The number of rotatable bonds is 13. The summed E-state index contributed by atoms with van der Waals surface area (Å²) in [4.78, 5) is 28.8. The van der Waals surface area contributed by atoms with E-state index in [4.69, 9.17) is 39.5 Å². The molecule has 2 unspecified atom stereocenters. The first-order valence-electron chi connectivity index (χ1n) is 13.4. The number of hydrogen-bond acceptors (Lipinski definition) is 5. The summed E-state index contributed by atoms with van der Waals surface area (Å²) in [5.41, 5.74) is 0.663. The molecule has 3 aromatic carbocycles. The minimum atomic E-state index is -4.25. The van der Waals surface area contributed by atoms with E-state index in [1.165, 1.54) is 60.5 Å². The second-order valence-corrected chi connectivity index (χ2v) is 12.7. The molecular weight excluding hydrogens is 621 g/mol. The van der Waals surface area contributed by atoms with E-state index in [0.717, 1.165) is 4.31 Å². The largest absolute Gasteiger partial charge is 0.497 e. The van der Waals surface area contributed by atoms with Crippen LogP contribution in [0.4, 0.5) is 5.69 Å². The Bertz CT molecular complexity index is 1460. The van der Waals surface area contributed by atoms with Gasteiger partial charge in [-0.1, -0.05) is 54.7 Å². The van der Waals surface area contributed by atoms with Gasteiger partial charge in [-0.15, -0.1) is 0 Å². The Morgan fingerprint density at radius 1 is 0.905 bits per heavy atom. The number of methoxy groups -OCH3 is 1. The average Bonchev–Trinajstić information content (AvgIpc) is 2.97. The van der Waals surface area contributed by atoms with Crippen LogP contribution in [0.25, 0.3) is 0 Å². The van der Waals surface area contributed by atoms with Crippen LogP contribution >= 0.6 is 34.8 Å². The number of ether oxygens (including phenoxy) is 1. The molecule has 0 aromatic heterocycles. The maximum atomic E-state index is 14.2. The highest BCUT2D eigenvalue weighted by molar-refractivity contribution is 7.92. The summed E-state index contributed by atoms with van der Waals surface area (Å²) in [6.45, 7) is 4.87. The lowest BCUT2D eigenvalue weighted by Gasteiger charge is -2.34. The van der Waals surface area contributed by atoms with Crippen molar-refractivity contribution >= 4 is 62.3 Å². The normalized spacial score (nSPS) is 12.7. The number of carbonyl (C=O) groups is 2. The predicted molar refractivity (Wildman–Crippen MR) is 168 cm³/mol. The highest BCUT2D eigenvalue weighted by Crippen LogP contribution is 2.29. The Labute approximate surface area is 262 Å². The van der Waals surface area contributed by atoms with E-state index < -0.39 is 28.5 Å². The number of halogens is 3. The van der Waals surface area contributed by atoms with Gasteiger partial charge in [0.1, 0.15) is 18.3 Å². The lowest BCUT2D eigenvalue weighted by Crippen LogP contribution is -2.53. The first kappa shape index (κ1) is 33.5. The van der Waals surface area contributed by atoms with Crippen LogP contribution in [-0.2, 0) is 26.2 Å². The lowest BCUT2D eigenvalue weighted by atomic mass is 10.1. The van der Waals surface area contributed by atoms with Crippen LogP contribution in [0.2, 0.25) is 15.1 Å². The third-order valence-corrected chi connectivity index (χ3v) is 9.57. The molecule has 0 fully saturated rings. The summed E-state index contributed by atoms with van der Waals surface area (Å²) in [5.74, 6) is -0.507. The number of sulfonamides is 1. The molecule has 0 aliphatic carbocycles. The Kier molecular flexibility index (Phi) is 11.9. The van der Waals surface area contributed by atoms with Crippen molar-refractivity contribution in [3.05, 3.63) is 87.4 Å². The lowest BCUT2D eigenvalue weighted by molar-refractivity contribution is -0.140. The number of nitrogens with one attached hydrogen (secondary N) is 1. The summed E-state index contributed by atoms with van der Waals surface area (Å²) in [6.07, 6.45) is 0.958. The molecule has 0 aliphatic rings. The van der Waals surface area contributed by atoms with Crippen molar-refractivity contribution in [3.8, 4) is 5.75 Å². The van der Waals surface area contributed by atoms with E-state index in [0.29, 0.717) is 32.8 Å². The highest BCUT2D eigenvalue weighted by atomic mass is 35.5. The molecule has 2 atom stereocenters. The Balaban J connectivity index is 2.09. The van der Waals surface area contributed by atoms with Crippen molar-refractivity contribution in [2.75, 3.05) is 18.0 Å². The van der Waals surface area contributed by atoms with Crippen LogP contribution in [0.3, 0.4) is 0 Å². The van der Waals surface area contributed by atoms with Crippen molar-refractivity contribution in [2.45, 2.75) is 57.1 Å². The van der Waals surface area contributed by atoms with Gasteiger partial charge in [-0.2, -0.15) is 0 Å². The number of anilines is 1. The molecule has 3 rings (SSSR count). The smallest absolute Gasteiger partial charge is 0.264 e. The molecule has 226 valence electrons. The minimum Gasteiger partial charge on any atom is -0.497 e. The molecule has 0 heterocycles. The van der Waals surface area contributed by atoms with E-state index in [1.807, 2.05) is 13.8 Å². The molecule has 12 heteroatoms. The SMILES string of the molecule is CCC(C)NC(=O)C(CC)N(Cc1c(Cl)cccc1Cl)C(=O)CN(c1ccc(Cl)cc1)S(=O)(=O)c1ccc(OC)cc1. The maximum Gasteiger partial charge on any atom is 0.264 e. The summed E-state index contributed by atoms with van der Waals surface area (Å²) in [7, 11) is -2.78. The molecule has 0 aliphatic heterocycles. The van der Waals surface area contributed by atoms with Gasteiger partial charge in [-0.05, 0) is 80.4 Å². The molecule has 42 heavy (non-hydrogen) atoms. The van der Waals surface area contributed by atoms with Crippen molar-refractivity contribution in [1.82, 2.24) is 10.2 Å². The monoisotopic (exact) mass is 653 g/mol.